The van der Waals surface area contributed by atoms with E-state index in [1.54, 1.807) is 0 Å². The summed E-state index contributed by atoms with van der Waals surface area (Å²) in [5.74, 6) is -1.65. The number of rotatable bonds is 3. The highest BCUT2D eigenvalue weighted by Crippen LogP contribution is 2.12. The normalized spacial score (nSPS) is 10.7. The highest BCUT2D eigenvalue weighted by molar-refractivity contribution is 5.85. The van der Waals surface area contributed by atoms with Gasteiger partial charge in [-0.15, -0.1) is 0 Å². The average Bonchev–Trinajstić information content (AvgIpc) is 2.16. The quantitative estimate of drug-likeness (QED) is 0.719. The molecule has 0 unspecified atom stereocenters. The van der Waals surface area contributed by atoms with Crippen molar-refractivity contribution in [3.8, 4) is 0 Å². The molecule has 1 aromatic rings. The molecule has 0 spiro atoms. The van der Waals surface area contributed by atoms with E-state index in [1.807, 2.05) is 0 Å². The summed E-state index contributed by atoms with van der Waals surface area (Å²) in [7, 11) is 0. The van der Waals surface area contributed by atoms with Crippen molar-refractivity contribution in [3.05, 3.63) is 41.2 Å². The minimum absolute atomic E-state index is 0.152. The van der Waals surface area contributed by atoms with Gasteiger partial charge < -0.3 is 10.2 Å². The molecule has 0 radical (unpaired) electrons. The van der Waals surface area contributed by atoms with Gasteiger partial charge in [-0.1, -0.05) is 6.07 Å². The van der Waals surface area contributed by atoms with Gasteiger partial charge in [0.1, 0.15) is 5.82 Å². The molecular formula is C10H9FO3. The summed E-state index contributed by atoms with van der Waals surface area (Å²) in [5, 5.41) is 17.1. The van der Waals surface area contributed by atoms with Crippen LogP contribution in [0, 0.1) is 5.82 Å². The van der Waals surface area contributed by atoms with E-state index in [9.17, 15) is 9.18 Å². The van der Waals surface area contributed by atoms with Crippen molar-refractivity contribution in [2.75, 3.05) is 0 Å². The molecule has 0 aliphatic carbocycles. The fourth-order valence-corrected chi connectivity index (χ4v) is 0.980. The Labute approximate surface area is 80.1 Å². The largest absolute Gasteiger partial charge is 0.478 e. The van der Waals surface area contributed by atoms with Crippen LogP contribution >= 0.6 is 0 Å². The van der Waals surface area contributed by atoms with Gasteiger partial charge in [0.2, 0.25) is 0 Å². The molecule has 0 aliphatic rings. The molecular weight excluding hydrogens is 187 g/mol. The number of aliphatic hydroxyl groups excluding tert-OH is 1. The van der Waals surface area contributed by atoms with E-state index in [0.29, 0.717) is 5.56 Å². The summed E-state index contributed by atoms with van der Waals surface area (Å²) >= 11 is 0. The van der Waals surface area contributed by atoms with Crippen molar-refractivity contribution in [1.82, 2.24) is 0 Å². The maximum Gasteiger partial charge on any atom is 0.328 e. The van der Waals surface area contributed by atoms with Gasteiger partial charge >= 0.3 is 5.97 Å². The van der Waals surface area contributed by atoms with Crippen LogP contribution < -0.4 is 0 Å². The Hall–Kier alpha value is -1.68. The van der Waals surface area contributed by atoms with Crippen LogP contribution in [0.3, 0.4) is 0 Å². The Morgan fingerprint density at radius 2 is 2.21 bits per heavy atom. The zero-order chi connectivity index (χ0) is 10.6. The maximum absolute atomic E-state index is 13.0. The molecule has 0 aliphatic heterocycles. The van der Waals surface area contributed by atoms with Crippen LogP contribution in [0.5, 0.6) is 0 Å². The van der Waals surface area contributed by atoms with Gasteiger partial charge in [0.05, 0.1) is 6.61 Å². The second-order valence-electron chi connectivity index (χ2n) is 2.69. The van der Waals surface area contributed by atoms with E-state index < -0.39 is 11.8 Å². The zero-order valence-electron chi connectivity index (χ0n) is 7.27. The molecule has 4 heteroatoms. The predicted octanol–water partition coefficient (Wildman–Crippen LogP) is 1.42. The van der Waals surface area contributed by atoms with Crippen molar-refractivity contribution in [1.29, 1.82) is 0 Å². The Kier molecular flexibility index (Phi) is 3.36. The SMILES string of the molecule is O=C(O)C=Cc1cc(CO)ccc1F. The van der Waals surface area contributed by atoms with Crippen molar-refractivity contribution in [2.24, 2.45) is 0 Å². The lowest BCUT2D eigenvalue weighted by molar-refractivity contribution is -0.131. The summed E-state index contributed by atoms with van der Waals surface area (Å²) in [5.41, 5.74) is 0.690. The van der Waals surface area contributed by atoms with Gasteiger partial charge in [-0.05, 0) is 23.8 Å². The number of carboxylic acid groups (broad SMARTS) is 1. The second-order valence-corrected chi connectivity index (χ2v) is 2.69. The highest BCUT2D eigenvalue weighted by atomic mass is 19.1. The van der Waals surface area contributed by atoms with E-state index in [-0.39, 0.29) is 12.2 Å². The molecule has 0 saturated heterocycles. The standard InChI is InChI=1S/C10H9FO3/c11-9-3-1-7(6-12)5-8(9)2-4-10(13)14/h1-5,12H,6H2,(H,13,14). The van der Waals surface area contributed by atoms with Crippen molar-refractivity contribution < 1.29 is 19.4 Å². The van der Waals surface area contributed by atoms with Crippen LogP contribution in [0.1, 0.15) is 11.1 Å². The first kappa shape index (κ1) is 10.4. The van der Waals surface area contributed by atoms with E-state index in [0.717, 1.165) is 12.2 Å². The first-order valence-electron chi connectivity index (χ1n) is 3.94. The number of benzene rings is 1. The number of carboxylic acids is 1. The Balaban J connectivity index is 3.00. The highest BCUT2D eigenvalue weighted by Gasteiger charge is 2.00. The Morgan fingerprint density at radius 1 is 1.50 bits per heavy atom. The summed E-state index contributed by atoms with van der Waals surface area (Å²) < 4.78 is 13.0. The molecule has 0 amide bonds. The molecule has 0 saturated carbocycles. The molecule has 3 nitrogen and oxygen atoms in total. The fraction of sp³-hybridized carbons (Fsp3) is 0.100. The van der Waals surface area contributed by atoms with Crippen LogP contribution in [-0.2, 0) is 11.4 Å². The lowest BCUT2D eigenvalue weighted by Gasteiger charge is -1.99. The number of aliphatic hydroxyl groups is 1. The van der Waals surface area contributed by atoms with E-state index >= 15 is 0 Å². The average molecular weight is 196 g/mol. The van der Waals surface area contributed by atoms with E-state index in [1.165, 1.54) is 18.2 Å². The monoisotopic (exact) mass is 196 g/mol. The minimum Gasteiger partial charge on any atom is -0.478 e. The van der Waals surface area contributed by atoms with Gasteiger partial charge in [-0.2, -0.15) is 0 Å². The van der Waals surface area contributed by atoms with Crippen LogP contribution in [0.15, 0.2) is 24.3 Å². The third-order valence-electron chi connectivity index (χ3n) is 1.65. The van der Waals surface area contributed by atoms with E-state index in [4.69, 9.17) is 10.2 Å². The van der Waals surface area contributed by atoms with E-state index in [2.05, 4.69) is 0 Å². The molecule has 14 heavy (non-hydrogen) atoms. The molecule has 0 atom stereocenters. The Morgan fingerprint density at radius 3 is 2.79 bits per heavy atom. The second kappa shape index (κ2) is 4.53. The summed E-state index contributed by atoms with van der Waals surface area (Å²) in [4.78, 5) is 10.2. The van der Waals surface area contributed by atoms with Crippen molar-refractivity contribution in [3.63, 3.8) is 0 Å². The molecule has 74 valence electrons. The number of aliphatic carboxylic acids is 1. The molecule has 0 bridgehead atoms. The molecule has 0 fully saturated rings. The molecule has 0 aromatic heterocycles. The van der Waals surface area contributed by atoms with Crippen LogP contribution in [0.4, 0.5) is 4.39 Å². The zero-order valence-corrected chi connectivity index (χ0v) is 7.27. The first-order valence-corrected chi connectivity index (χ1v) is 3.94. The van der Waals surface area contributed by atoms with Gasteiger partial charge in [0.25, 0.3) is 0 Å². The third-order valence-corrected chi connectivity index (χ3v) is 1.65. The molecule has 1 rings (SSSR count). The number of hydrogen-bond donors (Lipinski definition) is 2. The lowest BCUT2D eigenvalue weighted by atomic mass is 10.1. The number of carbonyl (C=O) groups is 1. The third kappa shape index (κ3) is 2.67. The Bertz CT molecular complexity index is 372. The van der Waals surface area contributed by atoms with Gasteiger partial charge in [-0.3, -0.25) is 0 Å². The van der Waals surface area contributed by atoms with Crippen LogP contribution in [-0.4, -0.2) is 16.2 Å². The lowest BCUT2D eigenvalue weighted by Crippen LogP contribution is -1.90. The maximum atomic E-state index is 13.0. The summed E-state index contributed by atoms with van der Waals surface area (Å²) in [6, 6.07) is 4.02. The first-order chi connectivity index (χ1) is 6.63. The minimum atomic E-state index is -1.14. The topological polar surface area (TPSA) is 57.5 Å². The van der Waals surface area contributed by atoms with Crippen LogP contribution in [0.25, 0.3) is 6.08 Å². The molecule has 1 aromatic carbocycles. The number of halogens is 1. The molecule has 2 N–H and O–H groups in total. The van der Waals surface area contributed by atoms with Crippen molar-refractivity contribution >= 4 is 12.0 Å². The van der Waals surface area contributed by atoms with Gasteiger partial charge in [-0.25, -0.2) is 9.18 Å². The molecule has 0 heterocycles. The predicted molar refractivity (Wildman–Crippen MR) is 49.0 cm³/mol. The fourth-order valence-electron chi connectivity index (χ4n) is 0.980. The van der Waals surface area contributed by atoms with Gasteiger partial charge in [0, 0.05) is 11.6 Å². The van der Waals surface area contributed by atoms with Gasteiger partial charge in [0.15, 0.2) is 0 Å². The summed E-state index contributed by atoms with van der Waals surface area (Å²) in [6.45, 7) is -0.200. The smallest absolute Gasteiger partial charge is 0.328 e. The van der Waals surface area contributed by atoms with Crippen molar-refractivity contribution in [2.45, 2.75) is 6.61 Å². The number of hydrogen-bond acceptors (Lipinski definition) is 2. The van der Waals surface area contributed by atoms with Crippen LogP contribution in [0.2, 0.25) is 0 Å². The summed E-state index contributed by atoms with van der Waals surface area (Å²) in [6.07, 6.45) is 2.00.